The molecule has 11 heteroatoms. The molecule has 2 atom stereocenters. The Morgan fingerprint density at radius 3 is 2.60 bits per heavy atom. The van der Waals surface area contributed by atoms with Gasteiger partial charge in [0.1, 0.15) is 17.8 Å². The predicted octanol–water partition coefficient (Wildman–Crippen LogP) is 1.62. The molecule has 2 bridgehead atoms. The number of nitrogens with one attached hydrogen (secondary N) is 3. The highest BCUT2D eigenvalue weighted by Crippen LogP contribution is 2.55. The summed E-state index contributed by atoms with van der Waals surface area (Å²) in [5.74, 6) is -1.46. The summed E-state index contributed by atoms with van der Waals surface area (Å²) in [5.41, 5.74) is 1.74. The smallest absolute Gasteiger partial charge is 0.258 e. The van der Waals surface area contributed by atoms with Crippen molar-refractivity contribution in [1.82, 2.24) is 16.1 Å². The third-order valence-electron chi connectivity index (χ3n) is 5.51. The van der Waals surface area contributed by atoms with Gasteiger partial charge in [0, 0.05) is 30.7 Å². The molecular weight excluding hydrogens is 421 g/mol. The summed E-state index contributed by atoms with van der Waals surface area (Å²) >= 11 is 5.42. The third-order valence-corrected chi connectivity index (χ3v) is 5.69. The maximum absolute atomic E-state index is 13.3. The molecule has 3 saturated carbocycles. The number of rotatable bonds is 9. The topological polar surface area (TPSA) is 107 Å². The highest BCUT2D eigenvalue weighted by Gasteiger charge is 2.62. The average molecular weight is 446 g/mol. The Kier molecular flexibility index (Phi) is 6.83. The van der Waals surface area contributed by atoms with Gasteiger partial charge in [0.05, 0.1) is 5.03 Å². The lowest BCUT2D eigenvalue weighted by Gasteiger charge is -2.48. The first-order valence-electron chi connectivity index (χ1n) is 9.43. The lowest BCUT2D eigenvalue weighted by atomic mass is 9.71. The number of methoxy groups -OCH3 is 1. The van der Waals surface area contributed by atoms with Gasteiger partial charge in [-0.15, -0.1) is 10.5 Å². The van der Waals surface area contributed by atoms with Crippen molar-refractivity contribution in [3.63, 3.8) is 0 Å². The number of amides is 2. The number of ether oxygens (including phenoxy) is 2. The van der Waals surface area contributed by atoms with Crippen LogP contribution in [0.5, 0.6) is 0 Å². The van der Waals surface area contributed by atoms with Gasteiger partial charge in [-0.3, -0.25) is 9.59 Å². The van der Waals surface area contributed by atoms with Crippen LogP contribution in [-0.4, -0.2) is 48.9 Å². The molecule has 3 N–H and O–H groups in total. The molecular formula is C19H25ClFN3O6. The minimum Gasteiger partial charge on any atom is -0.484 e. The summed E-state index contributed by atoms with van der Waals surface area (Å²) in [4.78, 5) is 34.4. The summed E-state index contributed by atoms with van der Waals surface area (Å²) < 4.78 is 23.6. The van der Waals surface area contributed by atoms with Crippen LogP contribution in [0, 0.1) is 0 Å². The number of carbonyl (C=O) groups is 2. The summed E-state index contributed by atoms with van der Waals surface area (Å²) in [5, 5.41) is 5.69. The van der Waals surface area contributed by atoms with Gasteiger partial charge in [0.2, 0.25) is 0 Å². The molecule has 3 aliphatic carbocycles. The molecule has 0 spiro atoms. The van der Waals surface area contributed by atoms with Crippen LogP contribution >= 0.6 is 11.6 Å². The second-order valence-electron chi connectivity index (χ2n) is 7.85. The highest BCUT2D eigenvalue weighted by molar-refractivity contribution is 6.31. The minimum atomic E-state index is -0.785. The van der Waals surface area contributed by atoms with E-state index in [1.807, 2.05) is 0 Å². The van der Waals surface area contributed by atoms with Crippen molar-refractivity contribution < 1.29 is 33.3 Å². The number of hydroxylamine groups is 1. The second-order valence-corrected chi connectivity index (χ2v) is 8.31. The fraction of sp³-hybridized carbons (Fsp3) is 0.579. The lowest BCUT2D eigenvalue weighted by molar-refractivity contribution is -0.400. The Morgan fingerprint density at radius 2 is 1.97 bits per heavy atom. The molecule has 1 aliphatic heterocycles. The van der Waals surface area contributed by atoms with E-state index in [-0.39, 0.29) is 40.3 Å². The molecule has 4 rings (SSSR count). The standard InChI is InChI=1S/C19H25ClFN3O6/c1-11(6-13(21)12(2)20)28-8-15(25)22-18-4-5-19(9-18,10-18)23-17(26)14-7-16(27-3)24-30-29-14/h6,14,16,24H,1-2,4-5,7-10H2,3H3,(H,22,25)(H,23,26)/b13-6+. The van der Waals surface area contributed by atoms with Gasteiger partial charge in [-0.05, 0) is 25.7 Å². The van der Waals surface area contributed by atoms with Crippen LogP contribution in [0.4, 0.5) is 4.39 Å². The Balaban J connectivity index is 1.43. The van der Waals surface area contributed by atoms with Crippen molar-refractivity contribution in [2.24, 2.45) is 0 Å². The van der Waals surface area contributed by atoms with E-state index in [1.165, 1.54) is 7.11 Å². The molecule has 0 aromatic carbocycles. The average Bonchev–Trinajstić information content (AvgIpc) is 3.20. The van der Waals surface area contributed by atoms with E-state index in [1.54, 1.807) is 0 Å². The zero-order valence-electron chi connectivity index (χ0n) is 16.6. The molecule has 166 valence electrons. The van der Waals surface area contributed by atoms with Crippen LogP contribution in [0.2, 0.25) is 0 Å². The lowest BCUT2D eigenvalue weighted by Crippen LogP contribution is -2.66. The van der Waals surface area contributed by atoms with Crippen LogP contribution in [0.15, 0.2) is 35.9 Å². The molecule has 0 aromatic rings. The third kappa shape index (κ3) is 5.19. The largest absolute Gasteiger partial charge is 0.484 e. The summed E-state index contributed by atoms with van der Waals surface area (Å²) in [7, 11) is 1.50. The SMILES string of the molecule is C=C(/C=C(/F)C(=C)Cl)OCC(=O)NC12CCC(NC(=O)C3CC(OC)NOO3)(C1)C2. The fourth-order valence-electron chi connectivity index (χ4n) is 4.19. The van der Waals surface area contributed by atoms with Crippen LogP contribution in [0.3, 0.4) is 0 Å². The number of hydrogen-bond donors (Lipinski definition) is 3. The fourth-order valence-corrected chi connectivity index (χ4v) is 4.24. The van der Waals surface area contributed by atoms with Crippen LogP contribution in [0.25, 0.3) is 0 Å². The first-order valence-corrected chi connectivity index (χ1v) is 9.81. The van der Waals surface area contributed by atoms with Gasteiger partial charge in [-0.25, -0.2) is 9.28 Å². The quantitative estimate of drug-likeness (QED) is 0.281. The van der Waals surface area contributed by atoms with E-state index in [2.05, 4.69) is 29.3 Å². The number of carbonyl (C=O) groups excluding carboxylic acids is 2. The maximum atomic E-state index is 13.3. The first kappa shape index (κ1) is 22.7. The van der Waals surface area contributed by atoms with Crippen LogP contribution < -0.4 is 16.1 Å². The Hall–Kier alpha value is -1.98. The van der Waals surface area contributed by atoms with Gasteiger partial charge in [-0.2, -0.15) is 0 Å². The molecule has 1 saturated heterocycles. The normalized spacial score (nSPS) is 32.7. The number of allylic oxidation sites excluding steroid dienone is 3. The van der Waals surface area contributed by atoms with Crippen LogP contribution in [-0.2, 0) is 28.9 Å². The first-order chi connectivity index (χ1) is 14.2. The van der Waals surface area contributed by atoms with Gasteiger partial charge < -0.3 is 20.1 Å². The summed E-state index contributed by atoms with van der Waals surface area (Å²) in [6.45, 7) is 6.44. The number of halogens is 2. The molecule has 2 amide bonds. The molecule has 1 heterocycles. The van der Waals surface area contributed by atoms with Crippen LogP contribution in [0.1, 0.15) is 32.1 Å². The minimum absolute atomic E-state index is 0.0397. The van der Waals surface area contributed by atoms with E-state index >= 15 is 0 Å². The van der Waals surface area contributed by atoms with E-state index < -0.39 is 18.2 Å². The predicted molar refractivity (Wildman–Crippen MR) is 104 cm³/mol. The van der Waals surface area contributed by atoms with Gasteiger partial charge in [0.25, 0.3) is 11.8 Å². The monoisotopic (exact) mass is 445 g/mol. The van der Waals surface area contributed by atoms with Crippen molar-refractivity contribution in [2.75, 3.05) is 13.7 Å². The van der Waals surface area contributed by atoms with E-state index in [0.29, 0.717) is 19.3 Å². The van der Waals surface area contributed by atoms with Gasteiger partial charge in [-0.1, -0.05) is 24.8 Å². The van der Waals surface area contributed by atoms with E-state index in [4.69, 9.17) is 31.0 Å². The van der Waals surface area contributed by atoms with Crippen molar-refractivity contribution in [3.05, 3.63) is 35.9 Å². The molecule has 4 fully saturated rings. The maximum Gasteiger partial charge on any atom is 0.258 e. The van der Waals surface area contributed by atoms with Gasteiger partial charge >= 0.3 is 0 Å². The second kappa shape index (κ2) is 9.03. The summed E-state index contributed by atoms with van der Waals surface area (Å²) in [6.07, 6.45) is 2.73. The van der Waals surface area contributed by atoms with E-state index in [9.17, 15) is 14.0 Å². The molecule has 30 heavy (non-hydrogen) atoms. The summed E-state index contributed by atoms with van der Waals surface area (Å²) in [6, 6.07) is 0. The van der Waals surface area contributed by atoms with Crippen molar-refractivity contribution in [2.45, 2.75) is 55.5 Å². The molecule has 4 aliphatic rings. The molecule has 0 radical (unpaired) electrons. The zero-order chi connectivity index (χ0) is 21.9. The molecule has 0 aromatic heterocycles. The Bertz CT molecular complexity index is 767. The van der Waals surface area contributed by atoms with Crippen molar-refractivity contribution >= 4 is 23.4 Å². The Morgan fingerprint density at radius 1 is 1.30 bits per heavy atom. The number of hydrogen-bond acceptors (Lipinski definition) is 7. The molecule has 2 unspecified atom stereocenters. The van der Waals surface area contributed by atoms with Crippen molar-refractivity contribution in [3.8, 4) is 0 Å². The number of fused-ring (bicyclic) bond motifs is 1. The molecule has 9 nitrogen and oxygen atoms in total. The van der Waals surface area contributed by atoms with E-state index in [0.717, 1.165) is 18.9 Å². The van der Waals surface area contributed by atoms with Crippen molar-refractivity contribution in [1.29, 1.82) is 0 Å². The highest BCUT2D eigenvalue weighted by atomic mass is 35.5. The zero-order valence-corrected chi connectivity index (χ0v) is 17.4. The van der Waals surface area contributed by atoms with Gasteiger partial charge in [0.15, 0.2) is 12.7 Å². The Labute approximate surface area is 178 Å².